The second kappa shape index (κ2) is 5.04. The number of carbonyl (C=O) groups is 1. The molecule has 1 amide bonds. The predicted octanol–water partition coefficient (Wildman–Crippen LogP) is 0.577. The molecule has 0 saturated carbocycles. The molecule has 0 fully saturated rings. The van der Waals surface area contributed by atoms with Crippen LogP contribution in [-0.2, 0) is 11.2 Å². The highest BCUT2D eigenvalue weighted by Crippen LogP contribution is 2.01. The van der Waals surface area contributed by atoms with Crippen LogP contribution in [0.4, 0.5) is 0 Å². The van der Waals surface area contributed by atoms with Gasteiger partial charge < -0.3 is 5.73 Å². The molecule has 74 valence electrons. The molecular formula is C10H12N2O2. The molecule has 14 heavy (non-hydrogen) atoms. The zero-order chi connectivity index (χ0) is 10.4. The lowest BCUT2D eigenvalue weighted by Gasteiger charge is -2.00. The van der Waals surface area contributed by atoms with Crippen LogP contribution in [0, 0.1) is 0 Å². The van der Waals surface area contributed by atoms with Crippen molar-refractivity contribution >= 4 is 5.91 Å². The van der Waals surface area contributed by atoms with E-state index in [2.05, 4.69) is 0 Å². The Morgan fingerprint density at radius 1 is 1.43 bits per heavy atom. The third-order valence-corrected chi connectivity index (χ3v) is 1.77. The first-order chi connectivity index (χ1) is 6.74. The fourth-order valence-electron chi connectivity index (χ4n) is 1.04. The Labute approximate surface area is 82.0 Å². The summed E-state index contributed by atoms with van der Waals surface area (Å²) >= 11 is 0. The number of hydrogen-bond acceptors (Lipinski definition) is 3. The summed E-state index contributed by atoms with van der Waals surface area (Å²) in [7, 11) is 0. The van der Waals surface area contributed by atoms with Crippen molar-refractivity contribution in [2.45, 2.75) is 6.42 Å². The van der Waals surface area contributed by atoms with Crippen molar-refractivity contribution < 1.29 is 10.0 Å². The van der Waals surface area contributed by atoms with Gasteiger partial charge in [0.05, 0.1) is 0 Å². The number of carbonyl (C=O) groups excluding carboxylic acids is 1. The molecule has 1 aromatic rings. The number of amides is 1. The average molecular weight is 192 g/mol. The van der Waals surface area contributed by atoms with Gasteiger partial charge >= 0.3 is 0 Å². The summed E-state index contributed by atoms with van der Waals surface area (Å²) in [5, 5.41) is 8.56. The molecule has 0 spiro atoms. The molecule has 0 aliphatic heterocycles. The van der Waals surface area contributed by atoms with Crippen LogP contribution in [0.15, 0.2) is 42.1 Å². The van der Waals surface area contributed by atoms with Crippen LogP contribution in [0.1, 0.15) is 5.56 Å². The Bertz CT molecular complexity index is 333. The molecule has 0 unspecified atom stereocenters. The maximum atomic E-state index is 10.7. The first kappa shape index (κ1) is 10.3. The Kier molecular flexibility index (Phi) is 3.69. The molecule has 0 heterocycles. The molecule has 0 bridgehead atoms. The molecule has 1 aromatic carbocycles. The highest BCUT2D eigenvalue weighted by atomic mass is 16.5. The number of nitrogens with one attached hydrogen (secondary N) is 1. The predicted molar refractivity (Wildman–Crippen MR) is 52.3 cm³/mol. The van der Waals surface area contributed by atoms with Crippen molar-refractivity contribution in [1.82, 2.24) is 5.48 Å². The molecule has 4 N–H and O–H groups in total. The zero-order valence-corrected chi connectivity index (χ0v) is 7.60. The van der Waals surface area contributed by atoms with Crippen molar-refractivity contribution in [3.05, 3.63) is 47.7 Å². The molecule has 0 atom stereocenters. The Morgan fingerprint density at radius 2 is 2.07 bits per heavy atom. The van der Waals surface area contributed by atoms with Crippen LogP contribution in [0.2, 0.25) is 0 Å². The zero-order valence-electron chi connectivity index (χ0n) is 7.60. The highest BCUT2D eigenvalue weighted by molar-refractivity contribution is 5.90. The van der Waals surface area contributed by atoms with E-state index in [0.717, 1.165) is 5.56 Å². The lowest BCUT2D eigenvalue weighted by atomic mass is 10.1. The van der Waals surface area contributed by atoms with E-state index in [9.17, 15) is 4.79 Å². The second-order valence-corrected chi connectivity index (χ2v) is 2.78. The van der Waals surface area contributed by atoms with Crippen LogP contribution in [0.3, 0.4) is 0 Å². The smallest absolute Gasteiger partial charge is 0.266 e. The van der Waals surface area contributed by atoms with Gasteiger partial charge in [-0.1, -0.05) is 30.3 Å². The summed E-state index contributed by atoms with van der Waals surface area (Å²) in [5.74, 6) is -0.677. The lowest BCUT2D eigenvalue weighted by molar-refractivity contribution is -0.115. The van der Waals surface area contributed by atoms with E-state index >= 15 is 0 Å². The summed E-state index contributed by atoms with van der Waals surface area (Å²) in [6.07, 6.45) is 2.09. The van der Waals surface area contributed by atoms with E-state index in [1.807, 2.05) is 30.3 Å². The topological polar surface area (TPSA) is 75.4 Å². The van der Waals surface area contributed by atoms with Gasteiger partial charge in [-0.25, -0.2) is 0 Å². The number of nitrogens with two attached hydrogens (primary N) is 1. The van der Waals surface area contributed by atoms with E-state index < -0.39 is 5.91 Å². The summed E-state index contributed by atoms with van der Waals surface area (Å²) < 4.78 is 0. The van der Waals surface area contributed by atoms with Crippen molar-refractivity contribution in [1.29, 1.82) is 0 Å². The molecule has 0 aliphatic carbocycles. The number of primary amides is 1. The van der Waals surface area contributed by atoms with E-state index in [0.29, 0.717) is 6.42 Å². The third-order valence-electron chi connectivity index (χ3n) is 1.77. The Hall–Kier alpha value is -1.81. The third kappa shape index (κ3) is 2.91. The summed E-state index contributed by atoms with van der Waals surface area (Å²) in [4.78, 5) is 10.7. The average Bonchev–Trinajstić information content (AvgIpc) is 2.20. The van der Waals surface area contributed by atoms with Crippen LogP contribution in [-0.4, -0.2) is 11.1 Å². The summed E-state index contributed by atoms with van der Waals surface area (Å²) in [6, 6.07) is 9.56. The number of benzene rings is 1. The quantitative estimate of drug-likeness (QED) is 0.482. The second-order valence-electron chi connectivity index (χ2n) is 2.78. The van der Waals surface area contributed by atoms with E-state index in [-0.39, 0.29) is 5.70 Å². The van der Waals surface area contributed by atoms with Crippen LogP contribution >= 0.6 is 0 Å². The van der Waals surface area contributed by atoms with Crippen LogP contribution < -0.4 is 11.2 Å². The molecule has 0 aromatic heterocycles. The van der Waals surface area contributed by atoms with E-state index in [4.69, 9.17) is 10.9 Å². The van der Waals surface area contributed by atoms with Crippen molar-refractivity contribution in [2.75, 3.05) is 0 Å². The number of hydroxylamine groups is 1. The van der Waals surface area contributed by atoms with Crippen molar-refractivity contribution in [3.63, 3.8) is 0 Å². The molecule has 1 rings (SSSR count). The SMILES string of the molecule is NC(=O)C(=CCc1ccccc1)NO. The van der Waals surface area contributed by atoms with Gasteiger partial charge in [-0.05, 0) is 18.1 Å². The van der Waals surface area contributed by atoms with Crippen molar-refractivity contribution in [3.8, 4) is 0 Å². The number of rotatable bonds is 4. The number of allylic oxidation sites excluding steroid dienone is 1. The van der Waals surface area contributed by atoms with E-state index in [1.165, 1.54) is 6.08 Å². The number of hydrogen-bond donors (Lipinski definition) is 3. The largest absolute Gasteiger partial charge is 0.364 e. The van der Waals surface area contributed by atoms with Gasteiger partial charge in [-0.3, -0.25) is 15.5 Å². The van der Waals surface area contributed by atoms with Gasteiger partial charge in [0.1, 0.15) is 5.70 Å². The molecule has 4 nitrogen and oxygen atoms in total. The summed E-state index contributed by atoms with van der Waals surface area (Å²) in [6.45, 7) is 0. The summed E-state index contributed by atoms with van der Waals surface area (Å²) in [5.41, 5.74) is 7.79. The monoisotopic (exact) mass is 192 g/mol. The standard InChI is InChI=1S/C10H12N2O2/c11-10(13)9(12-14)7-6-8-4-2-1-3-5-8/h1-5,7,12,14H,6H2,(H2,11,13). The first-order valence-corrected chi connectivity index (χ1v) is 4.18. The minimum Gasteiger partial charge on any atom is -0.364 e. The van der Waals surface area contributed by atoms with Crippen molar-refractivity contribution in [2.24, 2.45) is 5.73 Å². The minimum atomic E-state index is -0.677. The highest BCUT2D eigenvalue weighted by Gasteiger charge is 2.01. The fourth-order valence-corrected chi connectivity index (χ4v) is 1.04. The molecule has 0 radical (unpaired) electrons. The Morgan fingerprint density at radius 3 is 2.57 bits per heavy atom. The molecular weight excluding hydrogens is 180 g/mol. The molecule has 0 saturated heterocycles. The minimum absolute atomic E-state index is 0.00820. The van der Waals surface area contributed by atoms with Gasteiger partial charge in [0.25, 0.3) is 5.91 Å². The van der Waals surface area contributed by atoms with Crippen LogP contribution in [0.25, 0.3) is 0 Å². The Balaban J connectivity index is 2.66. The maximum Gasteiger partial charge on any atom is 0.266 e. The fraction of sp³-hybridized carbons (Fsp3) is 0.100. The maximum absolute atomic E-state index is 10.7. The lowest BCUT2D eigenvalue weighted by Crippen LogP contribution is -2.23. The van der Waals surface area contributed by atoms with Gasteiger partial charge in [-0.2, -0.15) is 0 Å². The first-order valence-electron chi connectivity index (χ1n) is 4.18. The van der Waals surface area contributed by atoms with E-state index in [1.54, 1.807) is 5.48 Å². The van der Waals surface area contributed by atoms with Gasteiger partial charge in [-0.15, -0.1) is 0 Å². The van der Waals surface area contributed by atoms with Crippen LogP contribution in [0.5, 0.6) is 0 Å². The molecule has 4 heteroatoms. The van der Waals surface area contributed by atoms with Gasteiger partial charge in [0.15, 0.2) is 0 Å². The van der Waals surface area contributed by atoms with Gasteiger partial charge in [0.2, 0.25) is 0 Å². The normalized spacial score (nSPS) is 11.1. The van der Waals surface area contributed by atoms with Gasteiger partial charge in [0, 0.05) is 0 Å². The molecule has 0 aliphatic rings.